The lowest BCUT2D eigenvalue weighted by Crippen LogP contribution is -2.41. The molecule has 0 unspecified atom stereocenters. The molecule has 0 bridgehead atoms. The summed E-state index contributed by atoms with van der Waals surface area (Å²) in [4.78, 5) is 50.9. The van der Waals surface area contributed by atoms with Crippen molar-refractivity contribution in [2.75, 3.05) is 44.0 Å². The van der Waals surface area contributed by atoms with Gasteiger partial charge in [0.1, 0.15) is 10.6 Å². The number of nitrogens with one attached hydrogen (secondary N) is 3. The largest absolute Gasteiger partial charge is 0.451 e. The van der Waals surface area contributed by atoms with Gasteiger partial charge in [0.2, 0.25) is 10.0 Å². The summed E-state index contributed by atoms with van der Waals surface area (Å²) in [5.41, 5.74) is 2.97. The Hall–Kier alpha value is -3.49. The molecular formula is C18H21N5O8S. The molecule has 1 saturated heterocycles. The zero-order chi connectivity index (χ0) is 23.5. The fraction of sp³-hybridized carbons (Fsp3) is 0.333. The molecule has 0 spiro atoms. The standard InChI is InChI=1S/C18H21N5O8S/c1-10-2-3-11(12(8-10)32(28,29)23-4-6-30-7-5-23)20-13(24)9-31-17(26)15-14(19)16(25)22-18(27)21-15/h2-3,8H,4-7,9,19H2,1H3,(H,20,24)(H2,21,22,25,27). The van der Waals surface area contributed by atoms with Gasteiger partial charge in [-0.05, 0) is 24.6 Å². The van der Waals surface area contributed by atoms with E-state index in [1.165, 1.54) is 16.4 Å². The fourth-order valence-corrected chi connectivity index (χ4v) is 4.56. The van der Waals surface area contributed by atoms with Gasteiger partial charge in [0.15, 0.2) is 12.3 Å². The number of nitrogen functional groups attached to an aromatic ring is 1. The van der Waals surface area contributed by atoms with Crippen LogP contribution in [0.2, 0.25) is 0 Å². The lowest BCUT2D eigenvalue weighted by atomic mass is 10.2. The maximum absolute atomic E-state index is 13.0. The lowest BCUT2D eigenvalue weighted by Gasteiger charge is -2.27. The highest BCUT2D eigenvalue weighted by Crippen LogP contribution is 2.26. The number of hydrogen-bond donors (Lipinski definition) is 4. The SMILES string of the molecule is Cc1ccc(NC(=O)COC(=O)c2[nH]c(=O)[nH]c(=O)c2N)c(S(=O)(=O)N2CCOCC2)c1. The Morgan fingerprint density at radius 2 is 1.91 bits per heavy atom. The Balaban J connectivity index is 1.75. The summed E-state index contributed by atoms with van der Waals surface area (Å²) in [5, 5.41) is 2.40. The van der Waals surface area contributed by atoms with Gasteiger partial charge in [-0.3, -0.25) is 19.6 Å². The van der Waals surface area contributed by atoms with Crippen LogP contribution in [0.1, 0.15) is 16.1 Å². The molecule has 1 aromatic carbocycles. The molecule has 32 heavy (non-hydrogen) atoms. The van der Waals surface area contributed by atoms with Crippen LogP contribution in [-0.2, 0) is 24.3 Å². The number of aromatic amines is 2. The minimum Gasteiger partial charge on any atom is -0.451 e. The van der Waals surface area contributed by atoms with E-state index in [4.69, 9.17) is 15.2 Å². The maximum Gasteiger partial charge on any atom is 0.357 e. The van der Waals surface area contributed by atoms with Crippen LogP contribution >= 0.6 is 0 Å². The number of nitrogens with zero attached hydrogens (tertiary/aromatic N) is 1. The summed E-state index contributed by atoms with van der Waals surface area (Å²) in [7, 11) is -3.91. The van der Waals surface area contributed by atoms with Crippen LogP contribution < -0.4 is 22.3 Å². The number of anilines is 2. The molecule has 0 aliphatic carbocycles. The van der Waals surface area contributed by atoms with E-state index in [2.05, 4.69) is 5.32 Å². The molecule has 2 heterocycles. The van der Waals surface area contributed by atoms with Crippen molar-refractivity contribution in [1.29, 1.82) is 0 Å². The first-order valence-electron chi connectivity index (χ1n) is 9.37. The molecule has 1 aromatic heterocycles. The van der Waals surface area contributed by atoms with E-state index in [1.54, 1.807) is 13.0 Å². The van der Waals surface area contributed by atoms with E-state index < -0.39 is 51.1 Å². The molecule has 0 atom stereocenters. The average molecular weight is 467 g/mol. The minimum atomic E-state index is -3.91. The Kier molecular flexibility index (Phi) is 6.76. The van der Waals surface area contributed by atoms with Gasteiger partial charge in [0.05, 0.1) is 18.9 Å². The van der Waals surface area contributed by atoms with Gasteiger partial charge < -0.3 is 20.5 Å². The smallest absolute Gasteiger partial charge is 0.357 e. The van der Waals surface area contributed by atoms with Gasteiger partial charge in [0, 0.05) is 13.1 Å². The van der Waals surface area contributed by atoms with Crippen molar-refractivity contribution in [2.24, 2.45) is 0 Å². The number of esters is 1. The fourth-order valence-electron chi connectivity index (χ4n) is 2.92. The molecule has 13 nitrogen and oxygen atoms in total. The van der Waals surface area contributed by atoms with Gasteiger partial charge in [-0.1, -0.05) is 6.07 Å². The maximum atomic E-state index is 13.0. The van der Waals surface area contributed by atoms with E-state index in [0.717, 1.165) is 0 Å². The van der Waals surface area contributed by atoms with Gasteiger partial charge >= 0.3 is 11.7 Å². The van der Waals surface area contributed by atoms with E-state index in [9.17, 15) is 27.6 Å². The Labute approximate surface area is 181 Å². The highest BCUT2D eigenvalue weighted by molar-refractivity contribution is 7.89. The summed E-state index contributed by atoms with van der Waals surface area (Å²) in [6.45, 7) is 1.76. The summed E-state index contributed by atoms with van der Waals surface area (Å²) < 4.78 is 37.3. The molecule has 3 rings (SSSR count). The molecule has 1 aliphatic heterocycles. The van der Waals surface area contributed by atoms with Gasteiger partial charge in [-0.15, -0.1) is 0 Å². The zero-order valence-corrected chi connectivity index (χ0v) is 17.8. The monoisotopic (exact) mass is 467 g/mol. The summed E-state index contributed by atoms with van der Waals surface area (Å²) in [6, 6.07) is 4.46. The third-order valence-corrected chi connectivity index (χ3v) is 6.46. The number of nitrogens with two attached hydrogens (primary N) is 1. The van der Waals surface area contributed by atoms with Crippen molar-refractivity contribution in [3.05, 3.63) is 50.3 Å². The molecule has 1 amide bonds. The topological polar surface area (TPSA) is 194 Å². The third-order valence-electron chi connectivity index (χ3n) is 4.52. The highest BCUT2D eigenvalue weighted by Gasteiger charge is 2.29. The van der Waals surface area contributed by atoms with E-state index in [0.29, 0.717) is 5.56 Å². The van der Waals surface area contributed by atoms with Crippen molar-refractivity contribution in [3.63, 3.8) is 0 Å². The number of amides is 1. The van der Waals surface area contributed by atoms with E-state index >= 15 is 0 Å². The normalized spacial score (nSPS) is 14.7. The second-order valence-corrected chi connectivity index (χ2v) is 8.74. The molecule has 5 N–H and O–H groups in total. The van der Waals surface area contributed by atoms with Crippen LogP contribution in [0.25, 0.3) is 0 Å². The van der Waals surface area contributed by atoms with Gasteiger partial charge in [0.25, 0.3) is 11.5 Å². The van der Waals surface area contributed by atoms with Crippen LogP contribution in [-0.4, -0.2) is 67.5 Å². The predicted molar refractivity (Wildman–Crippen MR) is 112 cm³/mol. The number of sulfonamides is 1. The summed E-state index contributed by atoms with van der Waals surface area (Å²) >= 11 is 0. The number of morpholine rings is 1. The number of carbonyl (C=O) groups excluding carboxylic acids is 2. The Bertz CT molecular complexity index is 1260. The predicted octanol–water partition coefficient (Wildman–Crippen LogP) is -1.23. The number of aryl methyl sites for hydroxylation is 1. The van der Waals surface area contributed by atoms with Crippen LogP contribution in [0.15, 0.2) is 32.7 Å². The van der Waals surface area contributed by atoms with Crippen LogP contribution in [0.5, 0.6) is 0 Å². The molecule has 1 aliphatic rings. The summed E-state index contributed by atoms with van der Waals surface area (Å²) in [5.74, 6) is -2.04. The number of H-pyrrole nitrogens is 2. The van der Waals surface area contributed by atoms with Crippen LogP contribution in [0.4, 0.5) is 11.4 Å². The van der Waals surface area contributed by atoms with E-state index in [1.807, 2.05) is 9.97 Å². The van der Waals surface area contributed by atoms with Crippen molar-refractivity contribution in [3.8, 4) is 0 Å². The minimum absolute atomic E-state index is 0.00668. The average Bonchev–Trinajstić information content (AvgIpc) is 2.76. The highest BCUT2D eigenvalue weighted by atomic mass is 32.2. The van der Waals surface area contributed by atoms with Crippen molar-refractivity contribution in [1.82, 2.24) is 14.3 Å². The third kappa shape index (κ3) is 5.04. The van der Waals surface area contributed by atoms with E-state index in [-0.39, 0.29) is 36.9 Å². The van der Waals surface area contributed by atoms with Crippen molar-refractivity contribution in [2.45, 2.75) is 11.8 Å². The quantitative estimate of drug-likeness (QED) is 0.376. The molecule has 172 valence electrons. The van der Waals surface area contributed by atoms with Crippen LogP contribution in [0, 0.1) is 6.92 Å². The number of benzene rings is 1. The van der Waals surface area contributed by atoms with Crippen molar-refractivity contribution < 1.29 is 27.5 Å². The second-order valence-electron chi connectivity index (χ2n) is 6.84. The Morgan fingerprint density at radius 1 is 1.22 bits per heavy atom. The number of ether oxygens (including phenoxy) is 2. The second kappa shape index (κ2) is 9.33. The zero-order valence-electron chi connectivity index (χ0n) is 17.0. The molecule has 1 fully saturated rings. The van der Waals surface area contributed by atoms with Crippen molar-refractivity contribution >= 4 is 33.3 Å². The number of aromatic nitrogens is 2. The molecule has 2 aromatic rings. The number of carbonyl (C=O) groups is 2. The summed E-state index contributed by atoms with van der Waals surface area (Å²) in [6.07, 6.45) is 0. The van der Waals surface area contributed by atoms with Crippen LogP contribution in [0.3, 0.4) is 0 Å². The molecule has 0 radical (unpaired) electrons. The van der Waals surface area contributed by atoms with Gasteiger partial charge in [-0.25, -0.2) is 18.0 Å². The first kappa shape index (κ1) is 23.2. The molecule has 14 heteroatoms. The number of hydrogen-bond acceptors (Lipinski definition) is 9. The first-order valence-corrected chi connectivity index (χ1v) is 10.8. The number of rotatable bonds is 6. The molecule has 0 saturated carbocycles. The molecular weight excluding hydrogens is 446 g/mol. The van der Waals surface area contributed by atoms with Gasteiger partial charge in [-0.2, -0.15) is 4.31 Å². The lowest BCUT2D eigenvalue weighted by molar-refractivity contribution is -0.119. The Morgan fingerprint density at radius 3 is 2.59 bits per heavy atom. The first-order chi connectivity index (χ1) is 15.1.